The van der Waals surface area contributed by atoms with E-state index in [1.807, 2.05) is 49.1 Å². The number of alkyl halides is 1. The van der Waals surface area contributed by atoms with Crippen molar-refractivity contribution in [2.45, 2.75) is 39.7 Å². The Morgan fingerprint density at radius 3 is 2.79 bits per heavy atom. The molecule has 2 heterocycles. The average molecular weight is 401 g/mol. The number of hydrogen-bond acceptors (Lipinski definition) is 3. The number of furan rings is 1. The van der Waals surface area contributed by atoms with E-state index in [1.165, 1.54) is 0 Å². The van der Waals surface area contributed by atoms with Gasteiger partial charge < -0.3 is 14.6 Å². The highest BCUT2D eigenvalue weighted by atomic mass is 35.5. The van der Waals surface area contributed by atoms with Crippen molar-refractivity contribution in [1.82, 2.24) is 4.90 Å². The summed E-state index contributed by atoms with van der Waals surface area (Å²) in [5, 5.41) is 2.93. The van der Waals surface area contributed by atoms with Crippen LogP contribution in [0, 0.1) is 11.3 Å². The lowest BCUT2D eigenvalue weighted by Crippen LogP contribution is -2.36. The van der Waals surface area contributed by atoms with E-state index in [0.717, 1.165) is 48.5 Å². The normalized spacial score (nSPS) is 16.6. The van der Waals surface area contributed by atoms with Crippen LogP contribution in [0.2, 0.25) is 0 Å². The van der Waals surface area contributed by atoms with Crippen LogP contribution >= 0.6 is 11.6 Å². The number of benzene rings is 1. The maximum Gasteiger partial charge on any atom is 0.231 e. The Labute approximate surface area is 170 Å². The van der Waals surface area contributed by atoms with Crippen molar-refractivity contribution in [1.29, 1.82) is 0 Å². The van der Waals surface area contributed by atoms with E-state index in [0.29, 0.717) is 12.2 Å². The third-order valence-corrected chi connectivity index (χ3v) is 6.13. The molecule has 2 amide bonds. The first-order valence-electron chi connectivity index (χ1n) is 9.75. The van der Waals surface area contributed by atoms with Gasteiger partial charge in [0.1, 0.15) is 11.5 Å². The largest absolute Gasteiger partial charge is 0.461 e. The molecule has 1 N–H and O–H groups in total. The summed E-state index contributed by atoms with van der Waals surface area (Å²) >= 11 is 5.89. The molecule has 0 saturated heterocycles. The van der Waals surface area contributed by atoms with E-state index in [9.17, 15) is 9.59 Å². The molecule has 0 atom stereocenters. The van der Waals surface area contributed by atoms with E-state index >= 15 is 0 Å². The van der Waals surface area contributed by atoms with Crippen LogP contribution in [0.15, 0.2) is 34.7 Å². The number of rotatable bonds is 5. The zero-order valence-corrected chi connectivity index (χ0v) is 17.0. The number of amides is 2. The molecule has 28 heavy (non-hydrogen) atoms. The van der Waals surface area contributed by atoms with E-state index in [-0.39, 0.29) is 23.6 Å². The van der Waals surface area contributed by atoms with Crippen molar-refractivity contribution in [3.8, 4) is 11.3 Å². The van der Waals surface area contributed by atoms with Crippen molar-refractivity contribution in [2.24, 2.45) is 11.3 Å². The summed E-state index contributed by atoms with van der Waals surface area (Å²) in [6.07, 6.45) is 2.80. The van der Waals surface area contributed by atoms with Gasteiger partial charge >= 0.3 is 0 Å². The molecule has 4 rings (SSSR count). The molecule has 1 aromatic carbocycles. The molecule has 148 valence electrons. The summed E-state index contributed by atoms with van der Waals surface area (Å²) < 4.78 is 6.07. The van der Waals surface area contributed by atoms with E-state index in [2.05, 4.69) is 5.32 Å². The van der Waals surface area contributed by atoms with E-state index < -0.39 is 5.41 Å². The van der Waals surface area contributed by atoms with Gasteiger partial charge in [-0.3, -0.25) is 9.59 Å². The summed E-state index contributed by atoms with van der Waals surface area (Å²) in [7, 11) is 0. The highest BCUT2D eigenvalue weighted by Crippen LogP contribution is 2.35. The molecule has 0 radical (unpaired) electrons. The van der Waals surface area contributed by atoms with E-state index in [1.54, 1.807) is 0 Å². The van der Waals surface area contributed by atoms with Crippen molar-refractivity contribution in [3.05, 3.63) is 41.7 Å². The predicted octanol–water partition coefficient (Wildman–Crippen LogP) is 4.44. The van der Waals surface area contributed by atoms with Crippen LogP contribution in [-0.2, 0) is 22.6 Å². The molecule has 0 spiro atoms. The maximum atomic E-state index is 12.4. The molecule has 1 fully saturated rings. The molecule has 1 aliphatic carbocycles. The molecule has 2 aromatic rings. The van der Waals surface area contributed by atoms with Crippen LogP contribution < -0.4 is 5.32 Å². The molecule has 0 bridgehead atoms. The summed E-state index contributed by atoms with van der Waals surface area (Å²) in [4.78, 5) is 26.7. The molecule has 1 aromatic heterocycles. The lowest BCUT2D eigenvalue weighted by molar-refractivity contribution is -0.133. The van der Waals surface area contributed by atoms with Crippen LogP contribution in [0.3, 0.4) is 0 Å². The molecule has 1 saturated carbocycles. The molecule has 2 aliphatic rings. The maximum absolute atomic E-state index is 12.4. The molecular weight excluding hydrogens is 376 g/mol. The number of nitrogens with zero attached hydrogens (tertiary/aromatic N) is 1. The van der Waals surface area contributed by atoms with Crippen LogP contribution in [0.1, 0.15) is 38.0 Å². The summed E-state index contributed by atoms with van der Waals surface area (Å²) in [5.41, 5.74) is 2.04. The van der Waals surface area contributed by atoms with E-state index in [4.69, 9.17) is 16.0 Å². The quantitative estimate of drug-likeness (QED) is 0.754. The van der Waals surface area contributed by atoms with Gasteiger partial charge in [-0.25, -0.2) is 0 Å². The van der Waals surface area contributed by atoms with Crippen LogP contribution in [0.4, 0.5) is 5.69 Å². The summed E-state index contributed by atoms with van der Waals surface area (Å²) in [6.45, 7) is 4.97. The average Bonchev–Trinajstić information content (AvgIpc) is 3.45. The fourth-order valence-corrected chi connectivity index (χ4v) is 3.48. The minimum Gasteiger partial charge on any atom is -0.461 e. The number of carbonyl (C=O) groups excluding carboxylic acids is 2. The van der Waals surface area contributed by atoms with Gasteiger partial charge in [-0.2, -0.15) is 0 Å². The van der Waals surface area contributed by atoms with Gasteiger partial charge in [-0.1, -0.05) is 12.1 Å². The number of carbonyl (C=O) groups is 2. The predicted molar refractivity (Wildman–Crippen MR) is 109 cm³/mol. The Balaban J connectivity index is 1.51. The van der Waals surface area contributed by atoms with Gasteiger partial charge in [0, 0.05) is 48.1 Å². The summed E-state index contributed by atoms with van der Waals surface area (Å²) in [6, 6.07) is 9.62. The first kappa shape index (κ1) is 19.1. The van der Waals surface area contributed by atoms with Crippen molar-refractivity contribution >= 4 is 29.1 Å². The number of nitrogens with one attached hydrogen (secondary N) is 1. The Hall–Kier alpha value is -2.27. The van der Waals surface area contributed by atoms with Crippen molar-refractivity contribution in [3.63, 3.8) is 0 Å². The Morgan fingerprint density at radius 1 is 1.29 bits per heavy atom. The van der Waals surface area contributed by atoms with Gasteiger partial charge in [0.2, 0.25) is 11.8 Å². The molecule has 0 unspecified atom stereocenters. The second-order valence-electron chi connectivity index (χ2n) is 8.40. The fourth-order valence-electron chi connectivity index (χ4n) is 3.36. The monoisotopic (exact) mass is 400 g/mol. The minimum atomic E-state index is -0.640. The first-order valence-corrected chi connectivity index (χ1v) is 10.3. The fraction of sp³-hybridized carbons (Fsp3) is 0.455. The van der Waals surface area contributed by atoms with Gasteiger partial charge in [0.25, 0.3) is 0 Å². The smallest absolute Gasteiger partial charge is 0.231 e. The van der Waals surface area contributed by atoms with Crippen LogP contribution in [-0.4, -0.2) is 29.1 Å². The highest BCUT2D eigenvalue weighted by molar-refractivity contribution is 6.20. The van der Waals surface area contributed by atoms with Gasteiger partial charge in [-0.05, 0) is 44.9 Å². The SMILES string of the molecule is CC(C)(CCl)C(=O)Nc1cccc(-c2cc3c(o2)CCN(C(=O)C2CC2)C3)c1. The third kappa shape index (κ3) is 3.81. The number of hydrogen-bond donors (Lipinski definition) is 1. The van der Waals surface area contributed by atoms with Gasteiger partial charge in [-0.15, -0.1) is 11.6 Å². The Bertz CT molecular complexity index is 914. The summed E-state index contributed by atoms with van der Waals surface area (Å²) in [5.74, 6) is 2.36. The zero-order chi connectivity index (χ0) is 19.9. The standard InChI is InChI=1S/C22H25ClN2O3/c1-22(2,13-23)21(27)24-17-5-3-4-15(10-17)19-11-16-12-25(9-8-18(16)28-19)20(26)14-6-7-14/h3-5,10-11,14H,6-9,12-13H2,1-2H3,(H,24,27). The van der Waals surface area contributed by atoms with Crippen LogP contribution in [0.25, 0.3) is 11.3 Å². The molecule has 5 nitrogen and oxygen atoms in total. The Kier molecular flexibility index (Phi) is 4.96. The second kappa shape index (κ2) is 7.28. The third-order valence-electron chi connectivity index (χ3n) is 5.46. The highest BCUT2D eigenvalue weighted by Gasteiger charge is 2.35. The molecule has 6 heteroatoms. The first-order chi connectivity index (χ1) is 13.4. The number of fused-ring (bicyclic) bond motifs is 1. The van der Waals surface area contributed by atoms with Gasteiger partial charge in [0.05, 0.1) is 5.41 Å². The molecular formula is C22H25ClN2O3. The minimum absolute atomic E-state index is 0.118. The number of anilines is 1. The Morgan fingerprint density at radius 2 is 2.07 bits per heavy atom. The number of halogens is 1. The van der Waals surface area contributed by atoms with Gasteiger partial charge in [0.15, 0.2) is 0 Å². The zero-order valence-electron chi connectivity index (χ0n) is 16.3. The van der Waals surface area contributed by atoms with Crippen molar-refractivity contribution in [2.75, 3.05) is 17.7 Å². The topological polar surface area (TPSA) is 62.6 Å². The second-order valence-corrected chi connectivity index (χ2v) is 8.66. The lowest BCUT2D eigenvalue weighted by Gasteiger charge is -2.26. The van der Waals surface area contributed by atoms with Crippen LogP contribution in [0.5, 0.6) is 0 Å². The molecule has 1 aliphatic heterocycles. The lowest BCUT2D eigenvalue weighted by atomic mass is 9.95. The van der Waals surface area contributed by atoms with Crippen molar-refractivity contribution < 1.29 is 14.0 Å².